The van der Waals surface area contributed by atoms with E-state index in [-0.39, 0.29) is 30.4 Å². The summed E-state index contributed by atoms with van der Waals surface area (Å²) >= 11 is 0. The Hall–Kier alpha value is -5.14. The molecule has 294 valence electrons. The Bertz CT molecular complexity index is 1740. The summed E-state index contributed by atoms with van der Waals surface area (Å²) < 4.78 is 40.2. The van der Waals surface area contributed by atoms with Crippen molar-refractivity contribution in [1.82, 2.24) is 10.2 Å². The van der Waals surface area contributed by atoms with Crippen molar-refractivity contribution in [2.24, 2.45) is 0 Å². The first kappa shape index (κ1) is 39.6. The summed E-state index contributed by atoms with van der Waals surface area (Å²) in [5.41, 5.74) is 0.209. The smallest absolute Gasteiger partial charge is 0.410 e. The number of carbonyl (C=O) groups excluding carboxylic acids is 4. The van der Waals surface area contributed by atoms with Gasteiger partial charge in [-0.3, -0.25) is 4.79 Å². The normalized spacial score (nSPS) is 21.7. The van der Waals surface area contributed by atoms with Crippen LogP contribution < -0.4 is 19.5 Å². The summed E-state index contributed by atoms with van der Waals surface area (Å²) in [7, 11) is 0. The summed E-state index contributed by atoms with van der Waals surface area (Å²) in [5.74, 6) is -0.160. The minimum Gasteiger partial charge on any atom is -0.465 e. The highest BCUT2D eigenvalue weighted by molar-refractivity contribution is 5.95. The molecule has 1 N–H and O–H groups in total. The molecule has 3 saturated heterocycles. The Balaban J connectivity index is 1.08. The van der Waals surface area contributed by atoms with E-state index >= 15 is 0 Å². The molecule has 0 saturated carbocycles. The quantitative estimate of drug-likeness (QED) is 0.167. The molecule has 4 atom stereocenters. The van der Waals surface area contributed by atoms with Crippen molar-refractivity contribution in [3.8, 4) is 17.2 Å². The van der Waals surface area contributed by atoms with Gasteiger partial charge in [-0.2, -0.15) is 0 Å². The summed E-state index contributed by atoms with van der Waals surface area (Å²) in [6.07, 6.45) is 4.77. The molecule has 13 heteroatoms. The molecule has 3 aromatic carbocycles. The molecule has 0 aliphatic carbocycles. The minimum atomic E-state index is -0.758. The lowest BCUT2D eigenvalue weighted by Crippen LogP contribution is -2.51. The third kappa shape index (κ3) is 11.7. The lowest BCUT2D eigenvalue weighted by molar-refractivity contribution is -0.106. The number of amides is 2. The molecule has 6 rings (SSSR count). The van der Waals surface area contributed by atoms with Gasteiger partial charge >= 0.3 is 18.0 Å². The number of hydrogen-bond acceptors (Lipinski definition) is 11. The number of esters is 2. The predicted molar refractivity (Wildman–Crippen MR) is 200 cm³/mol. The van der Waals surface area contributed by atoms with Crippen molar-refractivity contribution in [3.63, 3.8) is 0 Å². The SMILES string of the molecule is CC(C)(C)OC(=O)N1CCC[C@@H](OC(=O)c2ccc(OC3CCCCO3)cc2)[C@H](NC(=O)c2ccc(OC(=O)c3ccc(OC4CCCCO4)cc3)cc2)C1. The van der Waals surface area contributed by atoms with Crippen LogP contribution in [0.2, 0.25) is 0 Å². The van der Waals surface area contributed by atoms with E-state index < -0.39 is 41.7 Å². The van der Waals surface area contributed by atoms with Crippen LogP contribution in [0.25, 0.3) is 0 Å². The summed E-state index contributed by atoms with van der Waals surface area (Å²) in [6.45, 7) is 7.09. The van der Waals surface area contributed by atoms with Crippen molar-refractivity contribution in [1.29, 1.82) is 0 Å². The van der Waals surface area contributed by atoms with Crippen LogP contribution in [0.5, 0.6) is 17.2 Å². The molecule has 0 spiro atoms. The Morgan fingerprint density at radius 2 is 1.18 bits per heavy atom. The molecule has 0 radical (unpaired) electrons. The Labute approximate surface area is 321 Å². The number of hydrogen-bond donors (Lipinski definition) is 1. The van der Waals surface area contributed by atoms with Gasteiger partial charge in [0.1, 0.15) is 29.0 Å². The molecule has 0 aromatic heterocycles. The molecular weight excluding hydrogens is 708 g/mol. The highest BCUT2D eigenvalue weighted by atomic mass is 16.7. The number of ether oxygens (including phenoxy) is 7. The van der Waals surface area contributed by atoms with Gasteiger partial charge in [-0.25, -0.2) is 14.4 Å². The standard InChI is InChI=1S/C42H50N2O11/c1-42(2,3)55-41(48)44-24-8-9-35(54-40(47)30-16-22-32(23-17-30)52-37-11-5-7-26-50-37)34(27-44)43-38(45)28-12-18-33(19-13-28)53-39(46)29-14-20-31(21-15-29)51-36-10-4-6-25-49-36/h12-23,34-37H,4-11,24-27H2,1-3H3,(H,43,45)/t34-,35-,36?,37?/m1/s1. The topological polar surface area (TPSA) is 148 Å². The van der Waals surface area contributed by atoms with Gasteiger partial charge in [-0.05, 0) is 132 Å². The van der Waals surface area contributed by atoms with E-state index in [0.717, 1.165) is 38.5 Å². The van der Waals surface area contributed by atoms with Gasteiger partial charge in [-0.15, -0.1) is 0 Å². The zero-order valence-electron chi connectivity index (χ0n) is 31.7. The molecule has 3 aliphatic heterocycles. The minimum absolute atomic E-state index is 0.0555. The maximum Gasteiger partial charge on any atom is 0.410 e. The zero-order valence-corrected chi connectivity index (χ0v) is 31.7. The van der Waals surface area contributed by atoms with Gasteiger partial charge in [0.15, 0.2) is 12.6 Å². The molecule has 2 amide bonds. The lowest BCUT2D eigenvalue weighted by Gasteiger charge is -2.30. The van der Waals surface area contributed by atoms with Crippen molar-refractivity contribution in [2.75, 3.05) is 26.3 Å². The van der Waals surface area contributed by atoms with Crippen molar-refractivity contribution >= 4 is 23.9 Å². The molecule has 0 bridgehead atoms. The molecule has 2 unspecified atom stereocenters. The number of nitrogens with one attached hydrogen (secondary N) is 1. The third-order valence-electron chi connectivity index (χ3n) is 9.33. The highest BCUT2D eigenvalue weighted by Gasteiger charge is 2.35. The Morgan fingerprint density at radius 1 is 0.655 bits per heavy atom. The fourth-order valence-electron chi connectivity index (χ4n) is 6.45. The van der Waals surface area contributed by atoms with Crippen molar-refractivity contribution in [2.45, 2.75) is 102 Å². The first-order valence-corrected chi connectivity index (χ1v) is 19.1. The van der Waals surface area contributed by atoms with Gasteiger partial charge in [0.05, 0.1) is 30.4 Å². The van der Waals surface area contributed by atoms with Gasteiger partial charge in [-0.1, -0.05) is 0 Å². The van der Waals surface area contributed by atoms with E-state index in [9.17, 15) is 19.2 Å². The van der Waals surface area contributed by atoms with Crippen LogP contribution in [-0.4, -0.2) is 85.5 Å². The fraction of sp³-hybridized carbons (Fsp3) is 0.476. The van der Waals surface area contributed by atoms with Crippen LogP contribution >= 0.6 is 0 Å². The average molecular weight is 759 g/mol. The van der Waals surface area contributed by atoms with Gasteiger partial charge in [0, 0.05) is 31.5 Å². The summed E-state index contributed by atoms with van der Waals surface area (Å²) in [6, 6.07) is 18.6. The van der Waals surface area contributed by atoms with E-state index in [0.29, 0.717) is 55.2 Å². The van der Waals surface area contributed by atoms with Gasteiger partial charge in [0.25, 0.3) is 5.91 Å². The van der Waals surface area contributed by atoms with E-state index in [1.807, 2.05) is 0 Å². The Kier molecular flexibility index (Phi) is 13.3. The lowest BCUT2D eigenvalue weighted by atomic mass is 10.1. The number of nitrogens with zero attached hydrogens (tertiary/aromatic N) is 1. The van der Waals surface area contributed by atoms with Crippen molar-refractivity contribution < 1.29 is 52.3 Å². The largest absolute Gasteiger partial charge is 0.465 e. The fourth-order valence-corrected chi connectivity index (χ4v) is 6.45. The zero-order chi connectivity index (χ0) is 38.8. The maximum atomic E-state index is 13.6. The number of likely N-dealkylation sites (tertiary alicyclic amines) is 1. The average Bonchev–Trinajstić information content (AvgIpc) is 3.37. The van der Waals surface area contributed by atoms with Gasteiger partial charge < -0.3 is 43.4 Å². The monoisotopic (exact) mass is 758 g/mol. The van der Waals surface area contributed by atoms with Crippen LogP contribution in [-0.2, 0) is 18.9 Å². The third-order valence-corrected chi connectivity index (χ3v) is 9.33. The predicted octanol–water partition coefficient (Wildman–Crippen LogP) is 7.07. The second-order valence-corrected chi connectivity index (χ2v) is 14.9. The first-order valence-electron chi connectivity index (χ1n) is 19.1. The molecule has 3 fully saturated rings. The Morgan fingerprint density at radius 3 is 1.71 bits per heavy atom. The molecule has 3 aromatic rings. The highest BCUT2D eigenvalue weighted by Crippen LogP contribution is 2.24. The first-order chi connectivity index (χ1) is 26.5. The van der Waals surface area contributed by atoms with Crippen LogP contribution in [0.1, 0.15) is 103 Å². The molecule has 55 heavy (non-hydrogen) atoms. The molecular formula is C42H50N2O11. The van der Waals surface area contributed by atoms with Crippen molar-refractivity contribution in [3.05, 3.63) is 89.5 Å². The van der Waals surface area contributed by atoms with Gasteiger partial charge in [0.2, 0.25) is 0 Å². The summed E-state index contributed by atoms with van der Waals surface area (Å²) in [4.78, 5) is 54.5. The van der Waals surface area contributed by atoms with Crippen LogP contribution in [0.4, 0.5) is 4.79 Å². The van der Waals surface area contributed by atoms with Crippen LogP contribution in [0.15, 0.2) is 72.8 Å². The number of carbonyl (C=O) groups is 4. The van der Waals surface area contributed by atoms with E-state index in [1.165, 1.54) is 29.2 Å². The second kappa shape index (κ2) is 18.5. The molecule has 3 heterocycles. The maximum absolute atomic E-state index is 13.6. The molecule has 13 nitrogen and oxygen atoms in total. The second-order valence-electron chi connectivity index (χ2n) is 14.9. The van der Waals surface area contributed by atoms with Crippen LogP contribution in [0, 0.1) is 0 Å². The van der Waals surface area contributed by atoms with E-state index in [1.54, 1.807) is 69.3 Å². The number of rotatable bonds is 10. The summed E-state index contributed by atoms with van der Waals surface area (Å²) in [5, 5.41) is 2.98. The molecule has 3 aliphatic rings. The van der Waals surface area contributed by atoms with E-state index in [4.69, 9.17) is 33.2 Å². The number of benzene rings is 3. The van der Waals surface area contributed by atoms with E-state index in [2.05, 4.69) is 5.32 Å². The van der Waals surface area contributed by atoms with Crippen LogP contribution in [0.3, 0.4) is 0 Å².